The number of hydrogen-bond donors (Lipinski definition) is 0. The molecule has 1 amide bonds. The molecule has 4 rings (SSSR count). The summed E-state index contributed by atoms with van der Waals surface area (Å²) in [6.07, 6.45) is 0. The molecule has 0 aliphatic carbocycles. The molecule has 1 unspecified atom stereocenters. The van der Waals surface area contributed by atoms with Crippen molar-refractivity contribution in [1.82, 2.24) is 5.01 Å². The van der Waals surface area contributed by atoms with Gasteiger partial charge in [0.2, 0.25) is 5.11 Å². The van der Waals surface area contributed by atoms with Crippen LogP contribution in [0.3, 0.4) is 0 Å². The average Bonchev–Trinajstić information content (AvgIpc) is 3.10. The number of benzene rings is 2. The van der Waals surface area contributed by atoms with E-state index in [9.17, 15) is 9.59 Å². The van der Waals surface area contributed by atoms with Gasteiger partial charge in [0.15, 0.2) is 9.69 Å². The molecule has 0 bridgehead atoms. The zero-order valence-corrected chi connectivity index (χ0v) is 16.2. The molecule has 26 heavy (non-hydrogen) atoms. The van der Waals surface area contributed by atoms with Crippen molar-refractivity contribution in [3.63, 3.8) is 0 Å². The summed E-state index contributed by atoms with van der Waals surface area (Å²) in [6.45, 7) is 0. The van der Waals surface area contributed by atoms with Gasteiger partial charge < -0.3 is 0 Å². The molecule has 2 saturated heterocycles. The van der Waals surface area contributed by atoms with Crippen LogP contribution in [0.1, 0.15) is 10.4 Å². The highest BCUT2D eigenvalue weighted by Gasteiger charge is 2.52. The summed E-state index contributed by atoms with van der Waals surface area (Å²) >= 11 is 17.8. The third kappa shape index (κ3) is 2.69. The van der Waals surface area contributed by atoms with Gasteiger partial charge in [-0.15, -0.1) is 0 Å². The average molecular weight is 420 g/mol. The topological polar surface area (TPSA) is 43.9 Å². The number of nitrogens with zero attached hydrogens (tertiary/aromatic N) is 3. The molecule has 0 N–H and O–H groups in total. The van der Waals surface area contributed by atoms with Gasteiger partial charge in [-0.1, -0.05) is 42.2 Å². The van der Waals surface area contributed by atoms with Crippen molar-refractivity contribution in [2.24, 2.45) is 0 Å². The summed E-state index contributed by atoms with van der Waals surface area (Å²) in [5, 5.41) is 2.71. The quantitative estimate of drug-likeness (QED) is 0.554. The summed E-state index contributed by atoms with van der Waals surface area (Å²) in [7, 11) is 0. The number of amides is 1. The van der Waals surface area contributed by atoms with E-state index in [0.717, 1.165) is 0 Å². The molecule has 2 aromatic carbocycles. The lowest BCUT2D eigenvalue weighted by Crippen LogP contribution is -2.44. The Bertz CT molecular complexity index is 936. The standard InChI is InChI=1S/C17H10ClN3O2S3/c18-13(22)10-6-8-12(9-7-10)20-17(25)26-15-14(23)19(16(24)21(15)20)11-4-2-1-3-5-11/h1-9,15H. The Labute approximate surface area is 169 Å². The molecule has 0 aromatic heterocycles. The number of para-hydroxylation sites is 1. The summed E-state index contributed by atoms with van der Waals surface area (Å²) in [4.78, 5) is 25.7. The Morgan fingerprint density at radius 3 is 2.27 bits per heavy atom. The monoisotopic (exact) mass is 419 g/mol. The maximum absolute atomic E-state index is 12.9. The van der Waals surface area contributed by atoms with E-state index in [-0.39, 0.29) is 5.91 Å². The maximum atomic E-state index is 12.9. The van der Waals surface area contributed by atoms with E-state index in [2.05, 4.69) is 0 Å². The lowest BCUT2D eigenvalue weighted by atomic mass is 10.2. The predicted molar refractivity (Wildman–Crippen MR) is 111 cm³/mol. The van der Waals surface area contributed by atoms with Crippen LogP contribution in [0, 0.1) is 0 Å². The molecule has 0 radical (unpaired) electrons. The van der Waals surface area contributed by atoms with Gasteiger partial charge in [-0.05, 0) is 60.2 Å². The second-order valence-corrected chi connectivity index (χ2v) is 7.93. The summed E-state index contributed by atoms with van der Waals surface area (Å²) in [5.74, 6) is -0.136. The normalized spacial score (nSPS) is 19.3. The van der Waals surface area contributed by atoms with Gasteiger partial charge in [-0.2, -0.15) is 0 Å². The van der Waals surface area contributed by atoms with E-state index in [1.165, 1.54) is 16.7 Å². The Balaban J connectivity index is 1.70. The van der Waals surface area contributed by atoms with Crippen LogP contribution in [0.5, 0.6) is 0 Å². The van der Waals surface area contributed by atoms with Crippen LogP contribution in [0.4, 0.5) is 11.4 Å². The van der Waals surface area contributed by atoms with Gasteiger partial charge in [0.1, 0.15) is 0 Å². The third-order valence-electron chi connectivity index (χ3n) is 4.00. The lowest BCUT2D eigenvalue weighted by Gasteiger charge is -2.29. The van der Waals surface area contributed by atoms with Gasteiger partial charge >= 0.3 is 0 Å². The molecule has 0 spiro atoms. The fourth-order valence-electron chi connectivity index (χ4n) is 2.81. The number of thiocarbonyl (C=S) groups is 2. The molecule has 2 aliphatic rings. The van der Waals surface area contributed by atoms with Crippen molar-refractivity contribution < 1.29 is 9.59 Å². The zero-order chi connectivity index (χ0) is 18.4. The van der Waals surface area contributed by atoms with E-state index in [4.69, 9.17) is 36.0 Å². The Morgan fingerprint density at radius 1 is 1.00 bits per heavy atom. The first-order valence-electron chi connectivity index (χ1n) is 7.52. The molecule has 2 fully saturated rings. The van der Waals surface area contributed by atoms with Gasteiger partial charge in [-0.3, -0.25) is 14.5 Å². The van der Waals surface area contributed by atoms with Crippen LogP contribution in [-0.2, 0) is 4.79 Å². The smallest absolute Gasteiger partial charge is 0.269 e. The van der Waals surface area contributed by atoms with Crippen molar-refractivity contribution in [2.75, 3.05) is 9.91 Å². The highest BCUT2D eigenvalue weighted by Crippen LogP contribution is 2.41. The molecule has 0 saturated carbocycles. The molecular formula is C17H10ClN3O2S3. The minimum atomic E-state index is -0.537. The van der Waals surface area contributed by atoms with Crippen LogP contribution in [0.2, 0.25) is 0 Å². The van der Waals surface area contributed by atoms with Crippen molar-refractivity contribution in [3.05, 3.63) is 60.2 Å². The summed E-state index contributed by atoms with van der Waals surface area (Å²) in [5.41, 5.74) is 1.80. The van der Waals surface area contributed by atoms with Crippen LogP contribution < -0.4 is 9.91 Å². The fraction of sp³-hybridized carbons (Fsp3) is 0.0588. The SMILES string of the molecule is O=C(Cl)c1ccc(N2C(=S)SC3C(=O)N(c4ccccc4)C(=S)N32)cc1. The third-order valence-corrected chi connectivity index (χ3v) is 6.04. The molecule has 5 nitrogen and oxygen atoms in total. The molecule has 2 heterocycles. The summed E-state index contributed by atoms with van der Waals surface area (Å²) < 4.78 is 0.517. The number of carbonyl (C=O) groups is 2. The Hall–Kier alpha value is -2.00. The molecule has 1 atom stereocenters. The number of rotatable bonds is 3. The van der Waals surface area contributed by atoms with Crippen molar-refractivity contribution >= 4 is 79.8 Å². The molecule has 130 valence electrons. The second kappa shape index (κ2) is 6.62. The van der Waals surface area contributed by atoms with E-state index < -0.39 is 10.6 Å². The largest absolute Gasteiger partial charge is 0.276 e. The number of fused-ring (bicyclic) bond motifs is 1. The number of thioether (sulfide) groups is 1. The fourth-order valence-corrected chi connectivity index (χ4v) is 4.84. The first-order chi connectivity index (χ1) is 12.5. The number of anilines is 2. The first-order valence-corrected chi connectivity index (χ1v) is 9.59. The van der Waals surface area contributed by atoms with Gasteiger partial charge in [0.25, 0.3) is 11.1 Å². The minimum Gasteiger partial charge on any atom is -0.276 e. The number of halogens is 1. The molecule has 2 aliphatic heterocycles. The molecule has 9 heteroatoms. The van der Waals surface area contributed by atoms with E-state index in [1.54, 1.807) is 34.3 Å². The number of hydrazine groups is 1. The predicted octanol–water partition coefficient (Wildman–Crippen LogP) is 3.78. The number of hydrogen-bond acceptors (Lipinski definition) is 5. The number of carbonyl (C=O) groups excluding carboxylic acids is 2. The first kappa shape index (κ1) is 17.4. The highest BCUT2D eigenvalue weighted by molar-refractivity contribution is 8.24. The zero-order valence-electron chi connectivity index (χ0n) is 13.0. The highest BCUT2D eigenvalue weighted by atomic mass is 35.5. The van der Waals surface area contributed by atoms with Crippen LogP contribution in [0.15, 0.2) is 54.6 Å². The van der Waals surface area contributed by atoms with E-state index >= 15 is 0 Å². The second-order valence-electron chi connectivity index (χ2n) is 5.50. The van der Waals surface area contributed by atoms with E-state index in [0.29, 0.717) is 26.4 Å². The van der Waals surface area contributed by atoms with Gasteiger partial charge in [0, 0.05) is 5.56 Å². The van der Waals surface area contributed by atoms with Crippen LogP contribution >= 0.6 is 47.8 Å². The maximum Gasteiger partial charge on any atom is 0.269 e. The van der Waals surface area contributed by atoms with Crippen molar-refractivity contribution in [1.29, 1.82) is 0 Å². The van der Waals surface area contributed by atoms with Gasteiger partial charge in [-0.25, -0.2) is 10.0 Å². The van der Waals surface area contributed by atoms with Gasteiger partial charge in [0.05, 0.1) is 11.4 Å². The summed E-state index contributed by atoms with van der Waals surface area (Å²) in [6, 6.07) is 15.9. The lowest BCUT2D eigenvalue weighted by molar-refractivity contribution is -0.117. The minimum absolute atomic E-state index is 0.136. The molecule has 2 aromatic rings. The van der Waals surface area contributed by atoms with E-state index in [1.807, 2.05) is 30.3 Å². The molecular weight excluding hydrogens is 410 g/mol. The Kier molecular flexibility index (Phi) is 4.44. The van der Waals surface area contributed by atoms with Crippen LogP contribution in [0.25, 0.3) is 0 Å². The van der Waals surface area contributed by atoms with Crippen LogP contribution in [-0.4, -0.2) is 31.0 Å². The van der Waals surface area contributed by atoms with Crippen molar-refractivity contribution in [2.45, 2.75) is 5.37 Å². The Morgan fingerprint density at radius 2 is 1.65 bits per heavy atom. The van der Waals surface area contributed by atoms with Crippen molar-refractivity contribution in [3.8, 4) is 0 Å².